The molecule has 9 heteroatoms. The van der Waals surface area contributed by atoms with E-state index in [1.165, 1.54) is 32.2 Å². The van der Waals surface area contributed by atoms with Gasteiger partial charge in [0.25, 0.3) is 0 Å². The van der Waals surface area contributed by atoms with E-state index in [-0.39, 0.29) is 34.6 Å². The van der Waals surface area contributed by atoms with Crippen LogP contribution in [-0.2, 0) is 19.6 Å². The van der Waals surface area contributed by atoms with Gasteiger partial charge in [0.15, 0.2) is 0 Å². The van der Waals surface area contributed by atoms with E-state index >= 15 is 0 Å². The first-order chi connectivity index (χ1) is 11.1. The summed E-state index contributed by atoms with van der Waals surface area (Å²) < 4.78 is 32.4. The molecule has 0 aliphatic rings. The Balaban J connectivity index is 3.24. The molecule has 0 saturated carbocycles. The normalized spacial score (nSPS) is 12.7. The number of amides is 1. The first-order valence-corrected chi connectivity index (χ1v) is 8.76. The number of carboxylic acids is 1. The van der Waals surface area contributed by atoms with Crippen molar-refractivity contribution in [1.82, 2.24) is 4.72 Å². The molecule has 0 bridgehead atoms. The lowest BCUT2D eigenvalue weighted by molar-refractivity contribution is -0.139. The minimum absolute atomic E-state index is 0.0126. The highest BCUT2D eigenvalue weighted by atomic mass is 32.2. The molecule has 3 N–H and O–H groups in total. The smallest absolute Gasteiger partial charge is 0.321 e. The third kappa shape index (κ3) is 5.50. The number of carbonyl (C=O) groups is 2. The highest BCUT2D eigenvalue weighted by molar-refractivity contribution is 7.89. The number of nitrogens with one attached hydrogen (secondary N) is 2. The second kappa shape index (κ2) is 8.11. The SMILES string of the molecule is COc1ccc(NC(C)=O)cc1S(=O)(=O)N[C@H](CC(C)C)C(=O)O. The quantitative estimate of drug-likeness (QED) is 0.646. The van der Waals surface area contributed by atoms with Gasteiger partial charge in [-0.1, -0.05) is 13.8 Å². The largest absolute Gasteiger partial charge is 0.495 e. The van der Waals surface area contributed by atoms with Crippen LogP contribution >= 0.6 is 0 Å². The Kier molecular flexibility index (Phi) is 6.73. The summed E-state index contributed by atoms with van der Waals surface area (Å²) in [4.78, 5) is 22.2. The van der Waals surface area contributed by atoms with Crippen LogP contribution < -0.4 is 14.8 Å². The second-order valence-electron chi connectivity index (χ2n) is 5.69. The number of hydrogen-bond acceptors (Lipinski definition) is 5. The average Bonchev–Trinajstić information content (AvgIpc) is 2.45. The third-order valence-corrected chi connectivity index (χ3v) is 4.57. The van der Waals surface area contributed by atoms with E-state index in [0.717, 1.165) is 0 Å². The number of benzene rings is 1. The summed E-state index contributed by atoms with van der Waals surface area (Å²) in [5, 5.41) is 11.7. The molecular formula is C15H22N2O6S. The standard InChI is InChI=1S/C15H22N2O6S/c1-9(2)7-12(15(19)20)17-24(21,22)14-8-11(16-10(3)18)5-6-13(14)23-4/h5-6,8-9,12,17H,7H2,1-4H3,(H,16,18)(H,19,20)/t12-/m1/s1. The highest BCUT2D eigenvalue weighted by Gasteiger charge is 2.28. The molecule has 0 spiro atoms. The van der Waals surface area contributed by atoms with Crippen LogP contribution in [0.1, 0.15) is 27.2 Å². The summed E-state index contributed by atoms with van der Waals surface area (Å²) in [5.41, 5.74) is 0.263. The van der Waals surface area contributed by atoms with Crippen LogP contribution in [0.4, 0.5) is 5.69 Å². The van der Waals surface area contributed by atoms with Crippen LogP contribution in [0.5, 0.6) is 5.75 Å². The Labute approximate surface area is 141 Å². The number of carboxylic acid groups (broad SMARTS) is 1. The minimum Gasteiger partial charge on any atom is -0.495 e. The maximum atomic E-state index is 12.6. The van der Waals surface area contributed by atoms with E-state index in [9.17, 15) is 23.1 Å². The van der Waals surface area contributed by atoms with Crippen LogP contribution in [0, 0.1) is 5.92 Å². The third-order valence-electron chi connectivity index (χ3n) is 3.08. The number of hydrogen-bond donors (Lipinski definition) is 3. The molecular weight excluding hydrogens is 336 g/mol. The van der Waals surface area contributed by atoms with E-state index in [0.29, 0.717) is 0 Å². The zero-order valence-corrected chi connectivity index (χ0v) is 14.8. The Bertz CT molecular complexity index is 715. The van der Waals surface area contributed by atoms with Gasteiger partial charge >= 0.3 is 5.97 Å². The summed E-state index contributed by atoms with van der Waals surface area (Å²) in [7, 11) is -2.86. The van der Waals surface area contributed by atoms with Crippen LogP contribution in [-0.4, -0.2) is 38.6 Å². The average molecular weight is 358 g/mol. The van der Waals surface area contributed by atoms with Gasteiger partial charge in [-0.3, -0.25) is 9.59 Å². The van der Waals surface area contributed by atoms with E-state index in [1.54, 1.807) is 13.8 Å². The van der Waals surface area contributed by atoms with Gasteiger partial charge in [-0.15, -0.1) is 0 Å². The molecule has 0 aliphatic carbocycles. The summed E-state index contributed by atoms with van der Waals surface area (Å²) >= 11 is 0. The zero-order valence-electron chi connectivity index (χ0n) is 14.0. The van der Waals surface area contributed by atoms with Crippen molar-refractivity contribution in [3.63, 3.8) is 0 Å². The molecule has 0 fully saturated rings. The molecule has 0 heterocycles. The molecule has 0 aliphatic heterocycles. The topological polar surface area (TPSA) is 122 Å². The molecule has 1 rings (SSSR count). The van der Waals surface area contributed by atoms with Crippen LogP contribution in [0.3, 0.4) is 0 Å². The van der Waals surface area contributed by atoms with Crippen molar-refractivity contribution in [3.05, 3.63) is 18.2 Å². The summed E-state index contributed by atoms with van der Waals surface area (Å²) in [6.07, 6.45) is 0.141. The van der Waals surface area contributed by atoms with Crippen LogP contribution in [0.25, 0.3) is 0 Å². The molecule has 134 valence electrons. The monoisotopic (exact) mass is 358 g/mol. The fraction of sp³-hybridized carbons (Fsp3) is 0.467. The molecule has 0 saturated heterocycles. The van der Waals surface area contributed by atoms with Crippen molar-refractivity contribution in [2.75, 3.05) is 12.4 Å². The van der Waals surface area contributed by atoms with Crippen LogP contribution in [0.2, 0.25) is 0 Å². The number of ether oxygens (including phenoxy) is 1. The number of aliphatic carboxylic acids is 1. The van der Waals surface area contributed by atoms with Crippen LogP contribution in [0.15, 0.2) is 23.1 Å². The van der Waals surface area contributed by atoms with Gasteiger partial charge in [-0.25, -0.2) is 8.42 Å². The zero-order chi connectivity index (χ0) is 18.5. The van der Waals surface area contributed by atoms with Crippen molar-refractivity contribution in [1.29, 1.82) is 0 Å². The maximum absolute atomic E-state index is 12.6. The molecule has 0 radical (unpaired) electrons. The van der Waals surface area contributed by atoms with Gasteiger partial charge in [0.1, 0.15) is 16.7 Å². The Hall–Kier alpha value is -2.13. The van der Waals surface area contributed by atoms with Gasteiger partial charge in [0, 0.05) is 12.6 Å². The lowest BCUT2D eigenvalue weighted by Gasteiger charge is -2.18. The lowest BCUT2D eigenvalue weighted by atomic mass is 10.1. The first kappa shape index (κ1) is 19.9. The Morgan fingerprint density at radius 3 is 2.38 bits per heavy atom. The molecule has 1 atom stereocenters. The summed E-state index contributed by atoms with van der Waals surface area (Å²) in [5.74, 6) is -1.59. The Morgan fingerprint density at radius 1 is 1.29 bits per heavy atom. The Morgan fingerprint density at radius 2 is 1.92 bits per heavy atom. The molecule has 1 aromatic rings. The molecule has 1 amide bonds. The van der Waals surface area contributed by atoms with E-state index in [2.05, 4.69) is 10.0 Å². The van der Waals surface area contributed by atoms with E-state index in [4.69, 9.17) is 4.74 Å². The number of methoxy groups -OCH3 is 1. The number of anilines is 1. The molecule has 24 heavy (non-hydrogen) atoms. The predicted octanol–water partition coefficient (Wildman–Crippen LogP) is 1.43. The summed E-state index contributed by atoms with van der Waals surface area (Å²) in [6.45, 7) is 4.88. The maximum Gasteiger partial charge on any atom is 0.321 e. The molecule has 1 aromatic carbocycles. The van der Waals surface area contributed by atoms with Gasteiger partial charge in [-0.05, 0) is 30.5 Å². The lowest BCUT2D eigenvalue weighted by Crippen LogP contribution is -2.41. The van der Waals surface area contributed by atoms with Gasteiger partial charge in [0.05, 0.1) is 7.11 Å². The number of sulfonamides is 1. The van der Waals surface area contributed by atoms with Crippen molar-refractivity contribution in [2.45, 2.75) is 38.1 Å². The fourth-order valence-corrected chi connectivity index (χ4v) is 3.49. The van der Waals surface area contributed by atoms with Crippen molar-refractivity contribution >= 4 is 27.6 Å². The van der Waals surface area contributed by atoms with Gasteiger partial charge in [-0.2, -0.15) is 4.72 Å². The van der Waals surface area contributed by atoms with Crippen molar-refractivity contribution in [3.8, 4) is 5.75 Å². The van der Waals surface area contributed by atoms with Crippen molar-refractivity contribution in [2.24, 2.45) is 5.92 Å². The molecule has 0 unspecified atom stereocenters. The first-order valence-electron chi connectivity index (χ1n) is 7.27. The second-order valence-corrected chi connectivity index (χ2v) is 7.37. The summed E-state index contributed by atoms with van der Waals surface area (Å²) in [6, 6.07) is 2.83. The van der Waals surface area contributed by atoms with Gasteiger partial charge < -0.3 is 15.2 Å². The number of rotatable bonds is 8. The molecule has 8 nitrogen and oxygen atoms in total. The van der Waals surface area contributed by atoms with E-state index < -0.39 is 22.0 Å². The minimum atomic E-state index is -4.16. The van der Waals surface area contributed by atoms with Crippen molar-refractivity contribution < 1.29 is 27.9 Å². The predicted molar refractivity (Wildman–Crippen MR) is 88.5 cm³/mol. The van der Waals surface area contributed by atoms with Gasteiger partial charge in [0.2, 0.25) is 15.9 Å². The molecule has 0 aromatic heterocycles. The fourth-order valence-electron chi connectivity index (χ4n) is 2.09. The van der Waals surface area contributed by atoms with E-state index in [1.807, 2.05) is 0 Å². The highest BCUT2D eigenvalue weighted by Crippen LogP contribution is 2.27. The number of carbonyl (C=O) groups excluding carboxylic acids is 1.